The van der Waals surface area contributed by atoms with Crippen LogP contribution in [-0.2, 0) is 10.0 Å². The lowest BCUT2D eigenvalue weighted by Crippen LogP contribution is -2.46. The molecule has 1 aliphatic rings. The summed E-state index contributed by atoms with van der Waals surface area (Å²) in [6.45, 7) is 2.40. The molecule has 0 spiro atoms. The average Bonchev–Trinajstić information content (AvgIpc) is 2.31. The van der Waals surface area contributed by atoms with E-state index in [0.717, 1.165) is 0 Å². The molecule has 1 radical (unpaired) electrons. The molecule has 87 valence electrons. The average molecular weight is 239 g/mol. The molecule has 1 heterocycles. The van der Waals surface area contributed by atoms with E-state index in [-0.39, 0.29) is 0 Å². The van der Waals surface area contributed by atoms with Crippen molar-refractivity contribution in [3.63, 3.8) is 0 Å². The van der Waals surface area contributed by atoms with Crippen LogP contribution in [0.25, 0.3) is 0 Å². The molecule has 0 unspecified atom stereocenters. The van der Waals surface area contributed by atoms with Gasteiger partial charge in [0, 0.05) is 33.2 Å². The van der Waals surface area contributed by atoms with E-state index in [1.54, 1.807) is 24.3 Å². The fourth-order valence-electron chi connectivity index (χ4n) is 1.71. The third kappa shape index (κ3) is 2.26. The summed E-state index contributed by atoms with van der Waals surface area (Å²) in [5.74, 6) is 0. The minimum absolute atomic E-state index is 0.368. The van der Waals surface area contributed by atoms with E-state index < -0.39 is 10.0 Å². The highest BCUT2D eigenvalue weighted by Crippen LogP contribution is 2.16. The van der Waals surface area contributed by atoms with Crippen LogP contribution in [0.15, 0.2) is 35.2 Å². The number of hydrogen-bond acceptors (Lipinski definition) is 3. The molecule has 0 amide bonds. The van der Waals surface area contributed by atoms with E-state index in [4.69, 9.17) is 0 Å². The molecule has 0 aromatic heterocycles. The molecular formula is C11H15N2O2S. The van der Waals surface area contributed by atoms with Crippen molar-refractivity contribution in [1.29, 1.82) is 0 Å². The lowest BCUT2D eigenvalue weighted by molar-refractivity contribution is 0.241. The van der Waals surface area contributed by atoms with Gasteiger partial charge in [0.05, 0.1) is 4.90 Å². The Morgan fingerprint density at radius 1 is 1.00 bits per heavy atom. The molecule has 0 aliphatic carbocycles. The molecule has 1 aromatic carbocycles. The Kier molecular flexibility index (Phi) is 3.28. The van der Waals surface area contributed by atoms with Gasteiger partial charge in [-0.05, 0) is 12.1 Å². The fourth-order valence-corrected chi connectivity index (χ4v) is 3.15. The molecule has 0 bridgehead atoms. The van der Waals surface area contributed by atoms with Crippen LogP contribution in [0.1, 0.15) is 0 Å². The molecule has 5 heteroatoms. The highest BCUT2D eigenvalue weighted by Gasteiger charge is 2.26. The van der Waals surface area contributed by atoms with Crippen LogP contribution in [0.4, 0.5) is 0 Å². The first kappa shape index (κ1) is 11.6. The first-order valence-electron chi connectivity index (χ1n) is 5.21. The van der Waals surface area contributed by atoms with Crippen LogP contribution in [0.3, 0.4) is 0 Å². The maximum absolute atomic E-state index is 12.2. The Hall–Kier alpha value is -0.910. The molecule has 1 fully saturated rings. The van der Waals surface area contributed by atoms with Gasteiger partial charge in [-0.15, -0.1) is 0 Å². The Bertz CT molecular complexity index is 436. The first-order valence-corrected chi connectivity index (χ1v) is 6.65. The van der Waals surface area contributed by atoms with Crippen molar-refractivity contribution in [3.05, 3.63) is 37.4 Å². The Morgan fingerprint density at radius 2 is 1.56 bits per heavy atom. The summed E-state index contributed by atoms with van der Waals surface area (Å²) in [4.78, 5) is 2.25. The summed E-state index contributed by atoms with van der Waals surface area (Å²) in [6, 6.07) is 8.56. The van der Waals surface area contributed by atoms with E-state index in [0.29, 0.717) is 31.1 Å². The number of benzene rings is 1. The zero-order chi connectivity index (χ0) is 11.6. The Labute approximate surface area is 96.5 Å². The number of piperazine rings is 1. The second kappa shape index (κ2) is 4.53. The number of sulfonamides is 1. The molecule has 1 saturated heterocycles. The molecule has 16 heavy (non-hydrogen) atoms. The fraction of sp³-hybridized carbons (Fsp3) is 0.364. The Morgan fingerprint density at radius 3 is 2.12 bits per heavy atom. The normalized spacial score (nSPS) is 19.8. The van der Waals surface area contributed by atoms with E-state index >= 15 is 0 Å². The predicted molar refractivity (Wildman–Crippen MR) is 62.1 cm³/mol. The van der Waals surface area contributed by atoms with Crippen LogP contribution in [0.2, 0.25) is 0 Å². The van der Waals surface area contributed by atoms with Crippen molar-refractivity contribution in [2.75, 3.05) is 26.2 Å². The van der Waals surface area contributed by atoms with Crippen molar-refractivity contribution in [3.8, 4) is 0 Å². The van der Waals surface area contributed by atoms with Gasteiger partial charge in [-0.3, -0.25) is 4.90 Å². The molecule has 1 aromatic rings. The zero-order valence-electron chi connectivity index (χ0n) is 9.04. The lowest BCUT2D eigenvalue weighted by Gasteiger charge is -2.31. The maximum Gasteiger partial charge on any atom is 0.243 e. The van der Waals surface area contributed by atoms with Crippen LogP contribution < -0.4 is 0 Å². The van der Waals surface area contributed by atoms with Gasteiger partial charge < -0.3 is 0 Å². The van der Waals surface area contributed by atoms with Crippen LogP contribution in [0.5, 0.6) is 0 Å². The first-order chi connectivity index (χ1) is 7.60. The molecule has 0 saturated carbocycles. The number of rotatable bonds is 2. The summed E-state index contributed by atoms with van der Waals surface area (Å²) in [6.07, 6.45) is 0. The Balaban J connectivity index is 2.20. The van der Waals surface area contributed by atoms with Gasteiger partial charge >= 0.3 is 0 Å². The van der Waals surface area contributed by atoms with E-state index in [1.807, 2.05) is 11.0 Å². The second-order valence-corrected chi connectivity index (χ2v) is 5.77. The van der Waals surface area contributed by atoms with Gasteiger partial charge in [-0.1, -0.05) is 18.2 Å². The van der Waals surface area contributed by atoms with E-state index in [2.05, 4.69) is 7.05 Å². The van der Waals surface area contributed by atoms with Crippen molar-refractivity contribution in [2.45, 2.75) is 4.90 Å². The zero-order valence-corrected chi connectivity index (χ0v) is 9.86. The minimum atomic E-state index is -3.31. The highest BCUT2D eigenvalue weighted by atomic mass is 32.2. The lowest BCUT2D eigenvalue weighted by atomic mass is 10.4. The summed E-state index contributed by atoms with van der Waals surface area (Å²) >= 11 is 0. The second-order valence-electron chi connectivity index (χ2n) is 3.84. The third-order valence-electron chi connectivity index (χ3n) is 2.71. The van der Waals surface area contributed by atoms with Gasteiger partial charge in [0.15, 0.2) is 0 Å². The van der Waals surface area contributed by atoms with E-state index in [1.165, 1.54) is 4.31 Å². The number of nitrogens with zero attached hydrogens (tertiary/aromatic N) is 2. The van der Waals surface area contributed by atoms with Crippen molar-refractivity contribution < 1.29 is 8.42 Å². The summed E-state index contributed by atoms with van der Waals surface area (Å²) in [5.41, 5.74) is 0. The van der Waals surface area contributed by atoms with Crippen molar-refractivity contribution in [2.24, 2.45) is 0 Å². The molecular weight excluding hydrogens is 224 g/mol. The van der Waals surface area contributed by atoms with Crippen molar-refractivity contribution in [1.82, 2.24) is 9.21 Å². The quantitative estimate of drug-likeness (QED) is 0.766. The molecule has 4 nitrogen and oxygen atoms in total. The smallest absolute Gasteiger partial charge is 0.243 e. The predicted octanol–water partition coefficient (Wildman–Crippen LogP) is 0.784. The van der Waals surface area contributed by atoms with Gasteiger partial charge in [0.25, 0.3) is 0 Å². The van der Waals surface area contributed by atoms with Gasteiger partial charge in [-0.25, -0.2) is 8.42 Å². The minimum Gasteiger partial charge on any atom is -0.299 e. The topological polar surface area (TPSA) is 40.6 Å². The third-order valence-corrected chi connectivity index (χ3v) is 4.63. The van der Waals surface area contributed by atoms with Gasteiger partial charge in [0.1, 0.15) is 0 Å². The summed E-state index contributed by atoms with van der Waals surface area (Å²) in [7, 11) is 0.492. The van der Waals surface area contributed by atoms with Crippen LogP contribution in [0, 0.1) is 7.05 Å². The summed E-state index contributed by atoms with van der Waals surface area (Å²) in [5, 5.41) is 0. The van der Waals surface area contributed by atoms with E-state index in [9.17, 15) is 8.42 Å². The van der Waals surface area contributed by atoms with Crippen molar-refractivity contribution >= 4 is 10.0 Å². The van der Waals surface area contributed by atoms with Gasteiger partial charge in [0.2, 0.25) is 10.0 Å². The largest absolute Gasteiger partial charge is 0.299 e. The molecule has 0 atom stereocenters. The summed E-state index contributed by atoms with van der Waals surface area (Å²) < 4.78 is 25.9. The standard InChI is InChI=1S/C11H15N2O2S/c1-12-7-9-13(10-8-12)16(14,15)11-5-3-2-4-6-11/h2-6H,1,7-10H2. The van der Waals surface area contributed by atoms with Crippen LogP contribution in [-0.4, -0.2) is 43.8 Å². The van der Waals surface area contributed by atoms with Gasteiger partial charge in [-0.2, -0.15) is 4.31 Å². The molecule has 1 aliphatic heterocycles. The number of hydrogen-bond donors (Lipinski definition) is 0. The SMILES string of the molecule is [CH2]N1CCN(S(=O)(=O)c2ccccc2)CC1. The maximum atomic E-state index is 12.2. The molecule has 0 N–H and O–H groups in total. The molecule has 2 rings (SSSR count). The van der Waals surface area contributed by atoms with Crippen LogP contribution >= 0.6 is 0 Å². The highest BCUT2D eigenvalue weighted by molar-refractivity contribution is 7.89. The monoisotopic (exact) mass is 239 g/mol.